The lowest BCUT2D eigenvalue weighted by molar-refractivity contribution is -0.211. The van der Waals surface area contributed by atoms with E-state index in [0.29, 0.717) is 6.42 Å². The highest BCUT2D eigenvalue weighted by Gasteiger charge is 2.50. The van der Waals surface area contributed by atoms with Gasteiger partial charge < -0.3 is 29.0 Å². The molecule has 1 unspecified atom stereocenters. The van der Waals surface area contributed by atoms with E-state index in [1.54, 1.807) is 0 Å². The first-order chi connectivity index (χ1) is 18.9. The second-order valence-electron chi connectivity index (χ2n) is 10.1. The predicted octanol–water partition coefficient (Wildman–Crippen LogP) is 4.26. The Hall–Kier alpha value is -2.21. The van der Waals surface area contributed by atoms with Crippen LogP contribution in [0.4, 0.5) is 0 Å². The van der Waals surface area contributed by atoms with Crippen LogP contribution >= 0.6 is 15.9 Å². The topological polar surface area (TPSA) is 144 Å². The minimum atomic E-state index is -1.16. The second kappa shape index (κ2) is 19.8. The van der Waals surface area contributed by atoms with E-state index in [1.165, 1.54) is 59.8 Å². The predicted molar refractivity (Wildman–Crippen MR) is 149 cm³/mol. The van der Waals surface area contributed by atoms with E-state index in [4.69, 9.17) is 23.7 Å². The van der Waals surface area contributed by atoms with E-state index in [1.807, 2.05) is 0 Å². The Morgan fingerprint density at radius 2 is 1.32 bits per heavy atom. The van der Waals surface area contributed by atoms with Crippen LogP contribution in [0.2, 0.25) is 0 Å². The monoisotopic (exact) mass is 635 g/mol. The lowest BCUT2D eigenvalue weighted by Crippen LogP contribution is -2.65. The van der Waals surface area contributed by atoms with Crippen molar-refractivity contribution >= 4 is 45.7 Å². The molecule has 1 rings (SSSR count). The van der Waals surface area contributed by atoms with Gasteiger partial charge in [0.05, 0.1) is 6.42 Å². The van der Waals surface area contributed by atoms with Gasteiger partial charge in [-0.3, -0.25) is 24.0 Å². The van der Waals surface area contributed by atoms with E-state index in [9.17, 15) is 24.0 Å². The van der Waals surface area contributed by atoms with Gasteiger partial charge in [0.15, 0.2) is 12.2 Å². The molecule has 0 bridgehead atoms. The van der Waals surface area contributed by atoms with Gasteiger partial charge in [-0.2, -0.15) is 0 Å². The van der Waals surface area contributed by atoms with Crippen LogP contribution in [-0.4, -0.2) is 71.9 Å². The maximum Gasteiger partial charge on any atom is 0.303 e. The molecule has 12 heteroatoms. The molecule has 1 aliphatic heterocycles. The third kappa shape index (κ3) is 15.0. The summed E-state index contributed by atoms with van der Waals surface area (Å²) in [5, 5.41) is 1.90. The Labute approximate surface area is 245 Å². The van der Waals surface area contributed by atoms with Crippen LogP contribution in [0, 0.1) is 0 Å². The molecule has 1 aliphatic rings. The highest BCUT2D eigenvalue weighted by molar-refractivity contribution is 9.09. The van der Waals surface area contributed by atoms with Crippen molar-refractivity contribution in [3.8, 4) is 0 Å². The SMILES string of the molecule is CCCCCCCCCCC[C@H](CC(=O)N[C@H]1C(Br)O[C@H](COC(C)=O)[C@@H](OC(C)=O)[C@@H]1OC(C)=O)OC(C)=O. The fraction of sp³-hybridized carbons (Fsp3) is 0.821. The van der Waals surface area contributed by atoms with E-state index in [-0.39, 0.29) is 13.0 Å². The van der Waals surface area contributed by atoms with Crippen LogP contribution in [0.15, 0.2) is 0 Å². The molecule has 6 atom stereocenters. The van der Waals surface area contributed by atoms with Gasteiger partial charge in [-0.25, -0.2) is 0 Å². The number of rotatable bonds is 18. The van der Waals surface area contributed by atoms with Crippen LogP contribution in [-0.2, 0) is 47.7 Å². The lowest BCUT2D eigenvalue weighted by Gasteiger charge is -2.43. The average Bonchev–Trinajstić information content (AvgIpc) is 2.84. The molecule has 0 aromatic carbocycles. The molecule has 1 fully saturated rings. The van der Waals surface area contributed by atoms with Gasteiger partial charge in [0.25, 0.3) is 0 Å². The normalized spacial score (nSPS) is 23.0. The molecular weight excluding hydrogens is 590 g/mol. The van der Waals surface area contributed by atoms with Gasteiger partial charge in [0, 0.05) is 27.7 Å². The number of esters is 4. The molecule has 11 nitrogen and oxygen atoms in total. The highest BCUT2D eigenvalue weighted by atomic mass is 79.9. The van der Waals surface area contributed by atoms with Gasteiger partial charge in [-0.05, 0) is 12.8 Å². The summed E-state index contributed by atoms with van der Waals surface area (Å²) >= 11 is 3.35. The molecule has 1 saturated heterocycles. The Morgan fingerprint density at radius 3 is 1.85 bits per heavy atom. The van der Waals surface area contributed by atoms with Crippen molar-refractivity contribution in [1.82, 2.24) is 5.32 Å². The quantitative estimate of drug-likeness (QED) is 0.100. The van der Waals surface area contributed by atoms with Crippen LogP contribution < -0.4 is 5.32 Å². The summed E-state index contributed by atoms with van der Waals surface area (Å²) in [5.41, 5.74) is 0. The number of hydrogen-bond acceptors (Lipinski definition) is 10. The number of carbonyl (C=O) groups is 5. The molecule has 0 spiro atoms. The summed E-state index contributed by atoms with van der Waals surface area (Å²) in [6.07, 6.45) is 6.83. The molecular formula is C28H46BrNO10. The van der Waals surface area contributed by atoms with Crippen molar-refractivity contribution < 1.29 is 47.7 Å². The Kier molecular flexibility index (Phi) is 17.7. The average molecular weight is 637 g/mol. The minimum Gasteiger partial charge on any atom is -0.463 e. The molecule has 0 aliphatic carbocycles. The number of unbranched alkanes of at least 4 members (excludes halogenated alkanes) is 8. The molecule has 40 heavy (non-hydrogen) atoms. The Bertz CT molecular complexity index is 823. The second-order valence-corrected chi connectivity index (χ2v) is 11.0. The third-order valence-corrected chi connectivity index (χ3v) is 7.17. The summed E-state index contributed by atoms with van der Waals surface area (Å²) in [7, 11) is 0. The molecule has 1 amide bonds. The van der Waals surface area contributed by atoms with Crippen LogP contribution in [0.5, 0.6) is 0 Å². The standard InChI is InChI=1S/C28H46BrNO10/c1-6-7-8-9-10-11-12-13-14-15-22(37-19(3)32)16-24(35)30-25-27(39-21(5)34)26(38-20(4)33)23(40-28(25)29)17-36-18(2)31/h22-23,25-28H,6-17H2,1-5H3,(H,30,35)/t22-,23-,25-,26-,27-,28?/m1/s1. The van der Waals surface area contributed by atoms with Gasteiger partial charge >= 0.3 is 23.9 Å². The maximum atomic E-state index is 13.1. The minimum absolute atomic E-state index is 0.102. The van der Waals surface area contributed by atoms with Crippen molar-refractivity contribution in [3.63, 3.8) is 0 Å². The molecule has 0 radical (unpaired) electrons. The lowest BCUT2D eigenvalue weighted by atomic mass is 9.97. The molecule has 1 N–H and O–H groups in total. The van der Waals surface area contributed by atoms with Crippen molar-refractivity contribution in [2.75, 3.05) is 6.61 Å². The van der Waals surface area contributed by atoms with Gasteiger partial charge in [0.1, 0.15) is 29.9 Å². The smallest absolute Gasteiger partial charge is 0.303 e. The number of ether oxygens (including phenoxy) is 5. The van der Waals surface area contributed by atoms with E-state index >= 15 is 0 Å². The summed E-state index contributed by atoms with van der Waals surface area (Å²) in [4.78, 5) is 59.9. The van der Waals surface area contributed by atoms with Crippen LogP contribution in [0.25, 0.3) is 0 Å². The fourth-order valence-electron chi connectivity index (χ4n) is 4.61. The molecule has 230 valence electrons. The first-order valence-corrected chi connectivity index (χ1v) is 15.1. The first kappa shape index (κ1) is 35.8. The zero-order chi connectivity index (χ0) is 30.1. The van der Waals surface area contributed by atoms with Crippen molar-refractivity contribution in [1.29, 1.82) is 0 Å². The number of alkyl halides is 1. The van der Waals surface area contributed by atoms with Crippen molar-refractivity contribution in [2.45, 2.75) is 141 Å². The van der Waals surface area contributed by atoms with Crippen molar-refractivity contribution in [2.24, 2.45) is 0 Å². The van der Waals surface area contributed by atoms with Gasteiger partial charge in [-0.15, -0.1) is 0 Å². The first-order valence-electron chi connectivity index (χ1n) is 14.2. The van der Waals surface area contributed by atoms with Crippen molar-refractivity contribution in [3.05, 3.63) is 0 Å². The number of nitrogens with one attached hydrogen (secondary N) is 1. The van der Waals surface area contributed by atoms with E-state index in [0.717, 1.165) is 25.7 Å². The van der Waals surface area contributed by atoms with E-state index in [2.05, 4.69) is 28.2 Å². The molecule has 0 aromatic heterocycles. The fourth-order valence-corrected chi connectivity index (χ4v) is 5.32. The van der Waals surface area contributed by atoms with E-state index < -0.39 is 65.3 Å². The third-order valence-electron chi connectivity index (χ3n) is 6.39. The van der Waals surface area contributed by atoms with Gasteiger partial charge in [0.2, 0.25) is 5.91 Å². The number of hydrogen-bond donors (Lipinski definition) is 1. The molecule has 0 aromatic rings. The molecule has 0 saturated carbocycles. The highest BCUT2D eigenvalue weighted by Crippen LogP contribution is 2.30. The number of halogens is 1. The summed E-state index contributed by atoms with van der Waals surface area (Å²) in [6, 6.07) is -0.958. The summed E-state index contributed by atoms with van der Waals surface area (Å²) in [6.45, 7) is 6.82. The zero-order valence-corrected chi connectivity index (χ0v) is 26.0. The zero-order valence-electron chi connectivity index (χ0n) is 24.4. The van der Waals surface area contributed by atoms with Gasteiger partial charge in [-0.1, -0.05) is 74.2 Å². The Balaban J connectivity index is 2.82. The number of amides is 1. The van der Waals surface area contributed by atoms with Crippen LogP contribution in [0.1, 0.15) is 105 Å². The molecule has 1 heterocycles. The summed E-state index contributed by atoms with van der Waals surface area (Å²) < 4.78 is 27.1. The summed E-state index contributed by atoms with van der Waals surface area (Å²) in [5.74, 6) is -2.85. The maximum absolute atomic E-state index is 13.1. The Morgan fingerprint density at radius 1 is 0.775 bits per heavy atom. The largest absolute Gasteiger partial charge is 0.463 e. The van der Waals surface area contributed by atoms with Crippen LogP contribution in [0.3, 0.4) is 0 Å². The number of carbonyl (C=O) groups excluding carboxylic acids is 5.